The fraction of sp³-hybridized carbons (Fsp3) is 0.344. The molecule has 0 N–H and O–H groups in total. The van der Waals surface area contributed by atoms with Crippen LogP contribution in [0.15, 0.2) is 55.0 Å². The van der Waals surface area contributed by atoms with E-state index in [9.17, 15) is 9.65 Å². The summed E-state index contributed by atoms with van der Waals surface area (Å²) in [5.74, 6) is 3.08. The Kier molecular flexibility index (Phi) is 6.82. The van der Waals surface area contributed by atoms with Gasteiger partial charge < -0.3 is 9.80 Å². The van der Waals surface area contributed by atoms with Crippen LogP contribution in [0.5, 0.6) is 0 Å². The number of aromatic nitrogens is 5. The normalized spacial score (nSPS) is 15.4. The maximum Gasteiger partial charge on any atom is 0.225 e. The fourth-order valence-electron chi connectivity index (χ4n) is 5.98. The Balaban J connectivity index is 1.16. The lowest BCUT2D eigenvalue weighted by Crippen LogP contribution is -2.48. The van der Waals surface area contributed by atoms with Crippen LogP contribution in [0.1, 0.15) is 43.2 Å². The summed E-state index contributed by atoms with van der Waals surface area (Å²) < 4.78 is 15.6. The van der Waals surface area contributed by atoms with Crippen molar-refractivity contribution in [3.05, 3.63) is 71.4 Å². The van der Waals surface area contributed by atoms with Gasteiger partial charge in [-0.25, -0.2) is 24.3 Å². The van der Waals surface area contributed by atoms with E-state index in [1.165, 1.54) is 49.2 Å². The molecule has 2 fully saturated rings. The van der Waals surface area contributed by atoms with E-state index >= 15 is 0 Å². The molecule has 5 aromatic rings. The lowest BCUT2D eigenvalue weighted by Gasteiger charge is -2.42. The van der Waals surface area contributed by atoms with Crippen LogP contribution in [0.3, 0.4) is 0 Å². The Hall–Kier alpha value is -4.36. The maximum absolute atomic E-state index is 13.5. The van der Waals surface area contributed by atoms with Gasteiger partial charge in [0, 0.05) is 55.4 Å². The van der Waals surface area contributed by atoms with E-state index in [1.807, 2.05) is 36.5 Å². The Morgan fingerprint density at radius 1 is 1.00 bits per heavy atom. The van der Waals surface area contributed by atoms with E-state index < -0.39 is 0 Å². The third-order valence-corrected chi connectivity index (χ3v) is 9.58. The molecule has 5 heterocycles. The Morgan fingerprint density at radius 2 is 1.74 bits per heavy atom. The van der Waals surface area contributed by atoms with Gasteiger partial charge in [0.25, 0.3) is 0 Å². The molecule has 0 amide bonds. The van der Waals surface area contributed by atoms with Gasteiger partial charge in [-0.3, -0.25) is 4.40 Å². The van der Waals surface area contributed by atoms with Crippen molar-refractivity contribution in [2.45, 2.75) is 39.0 Å². The highest BCUT2D eigenvalue weighted by molar-refractivity contribution is 7.16. The molecule has 10 heteroatoms. The fourth-order valence-corrected chi connectivity index (χ4v) is 6.83. The second-order valence-electron chi connectivity index (χ2n) is 11.3. The van der Waals surface area contributed by atoms with Crippen molar-refractivity contribution in [3.63, 3.8) is 0 Å². The monoisotopic (exact) mass is 578 g/mol. The Labute approximate surface area is 248 Å². The standard InChI is InChI=1S/C32H31FN8S/c1-3-26-30(39(2)32-38-29(27(14-34)42-32)22-7-10-25(33)11-8-22)41-19-23(9-12-28(41)37-26)24-15-35-31(36-16-24)40-17-21(18-40)13-20-5-4-6-20/h7-12,15-16,19-21H,3-6,13,17-18H2,1-2H3. The molecule has 7 rings (SSSR count). The second kappa shape index (κ2) is 10.8. The molecule has 0 bridgehead atoms. The minimum atomic E-state index is -0.326. The second-order valence-corrected chi connectivity index (χ2v) is 12.3. The van der Waals surface area contributed by atoms with Gasteiger partial charge >= 0.3 is 0 Å². The van der Waals surface area contributed by atoms with Crippen LogP contribution in [0.2, 0.25) is 0 Å². The summed E-state index contributed by atoms with van der Waals surface area (Å²) in [6, 6.07) is 12.4. The van der Waals surface area contributed by atoms with Crippen molar-refractivity contribution in [1.82, 2.24) is 24.3 Å². The van der Waals surface area contributed by atoms with Crippen molar-refractivity contribution >= 4 is 33.9 Å². The largest absolute Gasteiger partial charge is 0.340 e. The van der Waals surface area contributed by atoms with Crippen LogP contribution < -0.4 is 9.80 Å². The third kappa shape index (κ3) is 4.77. The number of nitrogens with zero attached hydrogens (tertiary/aromatic N) is 8. The smallest absolute Gasteiger partial charge is 0.225 e. The highest BCUT2D eigenvalue weighted by Gasteiger charge is 2.32. The number of rotatable bonds is 8. The summed E-state index contributed by atoms with van der Waals surface area (Å²) in [7, 11) is 1.94. The highest BCUT2D eigenvalue weighted by Crippen LogP contribution is 2.38. The first-order valence-corrected chi connectivity index (χ1v) is 15.3. The first kappa shape index (κ1) is 26.5. The number of fused-ring (bicyclic) bond motifs is 1. The molecule has 1 aromatic carbocycles. The molecular formula is C32H31FN8S. The zero-order valence-corrected chi connectivity index (χ0v) is 24.5. The van der Waals surface area contributed by atoms with Crippen LogP contribution in [-0.2, 0) is 6.42 Å². The first-order valence-electron chi connectivity index (χ1n) is 14.5. The van der Waals surface area contributed by atoms with Gasteiger partial charge in [-0.1, -0.05) is 37.5 Å². The van der Waals surface area contributed by atoms with Gasteiger partial charge in [0.2, 0.25) is 5.95 Å². The number of pyridine rings is 1. The molecule has 1 saturated carbocycles. The van der Waals surface area contributed by atoms with E-state index in [4.69, 9.17) is 19.9 Å². The predicted molar refractivity (Wildman–Crippen MR) is 164 cm³/mol. The lowest BCUT2D eigenvalue weighted by atomic mass is 9.77. The van der Waals surface area contributed by atoms with E-state index in [0.29, 0.717) is 21.3 Å². The number of nitriles is 1. The summed E-state index contributed by atoms with van der Waals surface area (Å²) in [4.78, 5) is 23.8. The number of thiazole rings is 1. The van der Waals surface area contributed by atoms with Gasteiger partial charge in [-0.15, -0.1) is 0 Å². The summed E-state index contributed by atoms with van der Waals surface area (Å²) >= 11 is 1.31. The van der Waals surface area contributed by atoms with Crippen LogP contribution in [0, 0.1) is 29.0 Å². The predicted octanol–water partition coefficient (Wildman–Crippen LogP) is 6.88. The first-order chi connectivity index (χ1) is 20.5. The average Bonchev–Trinajstić information content (AvgIpc) is 3.57. The van der Waals surface area contributed by atoms with Crippen molar-refractivity contribution in [3.8, 4) is 28.5 Å². The Morgan fingerprint density at radius 3 is 2.40 bits per heavy atom. The maximum atomic E-state index is 13.5. The van der Waals surface area contributed by atoms with Gasteiger partial charge in [-0.2, -0.15) is 5.26 Å². The molecule has 0 radical (unpaired) electrons. The van der Waals surface area contributed by atoms with E-state index in [-0.39, 0.29) is 5.82 Å². The number of benzene rings is 1. The lowest BCUT2D eigenvalue weighted by molar-refractivity contribution is 0.225. The molecule has 212 valence electrons. The molecule has 1 aliphatic carbocycles. The summed E-state index contributed by atoms with van der Waals surface area (Å²) in [5.41, 5.74) is 4.92. The number of halogens is 1. The van der Waals surface area contributed by atoms with E-state index in [0.717, 1.165) is 65.6 Å². The zero-order valence-electron chi connectivity index (χ0n) is 23.7. The van der Waals surface area contributed by atoms with Crippen LogP contribution in [0.25, 0.3) is 28.0 Å². The zero-order chi connectivity index (χ0) is 28.8. The molecule has 2 aliphatic rings. The highest BCUT2D eigenvalue weighted by atomic mass is 32.1. The summed E-state index contributed by atoms with van der Waals surface area (Å²) in [6.07, 6.45) is 12.2. The van der Waals surface area contributed by atoms with Gasteiger partial charge in [0.05, 0.1) is 5.69 Å². The number of anilines is 3. The molecular weight excluding hydrogens is 547 g/mol. The molecule has 0 spiro atoms. The van der Waals surface area contributed by atoms with Crippen molar-refractivity contribution < 1.29 is 4.39 Å². The van der Waals surface area contributed by atoms with Crippen LogP contribution in [-0.4, -0.2) is 44.5 Å². The van der Waals surface area contributed by atoms with Crippen molar-refractivity contribution in [1.29, 1.82) is 5.26 Å². The molecule has 0 unspecified atom stereocenters. The number of imidazole rings is 1. The van der Waals surface area contributed by atoms with Gasteiger partial charge in [0.15, 0.2) is 5.13 Å². The third-order valence-electron chi connectivity index (χ3n) is 8.54. The number of aryl methyl sites for hydroxylation is 1. The van der Waals surface area contributed by atoms with E-state index in [2.05, 4.69) is 28.5 Å². The van der Waals surface area contributed by atoms with Crippen molar-refractivity contribution in [2.24, 2.45) is 11.8 Å². The Bertz CT molecular complexity index is 1780. The molecule has 0 atom stereocenters. The van der Waals surface area contributed by atoms with Crippen molar-refractivity contribution in [2.75, 3.05) is 29.9 Å². The molecule has 1 saturated heterocycles. The van der Waals surface area contributed by atoms with Gasteiger partial charge in [0.1, 0.15) is 33.9 Å². The van der Waals surface area contributed by atoms with Crippen LogP contribution >= 0.6 is 11.3 Å². The topological polar surface area (TPSA) is 86.2 Å². The minimum absolute atomic E-state index is 0.326. The molecule has 1 aliphatic heterocycles. The minimum Gasteiger partial charge on any atom is -0.340 e. The SMILES string of the molecule is CCc1nc2ccc(-c3cnc(N4CC(CC5CCC5)C4)nc3)cn2c1N(C)c1nc(-c2ccc(F)cc2)c(C#N)s1. The average molecular weight is 579 g/mol. The molecule has 4 aromatic heterocycles. The molecule has 8 nitrogen and oxygen atoms in total. The quantitative estimate of drug-likeness (QED) is 0.198. The summed E-state index contributed by atoms with van der Waals surface area (Å²) in [5, 5.41) is 10.5. The van der Waals surface area contributed by atoms with Crippen LogP contribution in [0.4, 0.5) is 21.3 Å². The summed E-state index contributed by atoms with van der Waals surface area (Å²) in [6.45, 7) is 4.19. The number of hydrogen-bond donors (Lipinski definition) is 0. The molecule has 42 heavy (non-hydrogen) atoms. The van der Waals surface area contributed by atoms with Gasteiger partial charge in [-0.05, 0) is 61.1 Å². The van der Waals surface area contributed by atoms with E-state index in [1.54, 1.807) is 12.1 Å². The number of hydrogen-bond acceptors (Lipinski definition) is 8.